The zero-order valence-electron chi connectivity index (χ0n) is 13.9. The molecule has 114 valence electrons. The highest BCUT2D eigenvalue weighted by Crippen LogP contribution is 2.23. The van der Waals surface area contributed by atoms with Crippen molar-refractivity contribution in [3.63, 3.8) is 0 Å². The maximum Gasteiger partial charge on any atom is 0.0502 e. The van der Waals surface area contributed by atoms with E-state index in [1.54, 1.807) is 0 Å². The summed E-state index contributed by atoms with van der Waals surface area (Å²) < 4.78 is 5.31. The molecule has 0 saturated carbocycles. The lowest BCUT2D eigenvalue weighted by Gasteiger charge is -2.39. The van der Waals surface area contributed by atoms with Crippen molar-refractivity contribution in [3.05, 3.63) is 0 Å². The first-order valence-corrected chi connectivity index (χ1v) is 7.68. The van der Waals surface area contributed by atoms with E-state index in [0.717, 1.165) is 19.1 Å². The summed E-state index contributed by atoms with van der Waals surface area (Å²) >= 11 is 0. The third kappa shape index (κ3) is 7.28. The Morgan fingerprint density at radius 2 is 1.89 bits per heavy atom. The molecule has 1 aliphatic rings. The van der Waals surface area contributed by atoms with Gasteiger partial charge in [0.2, 0.25) is 0 Å². The Morgan fingerprint density at radius 1 is 1.21 bits per heavy atom. The van der Waals surface area contributed by atoms with Gasteiger partial charge in [-0.15, -0.1) is 0 Å². The standard InChI is InChI=1S/C16H34N2O/c1-15(2,3)17-12-16(4,5)13-18-9-7-8-14(10-18)11-19-6/h14,17H,7-13H2,1-6H3. The van der Waals surface area contributed by atoms with E-state index in [1.165, 1.54) is 32.5 Å². The van der Waals surface area contributed by atoms with Gasteiger partial charge in [0.15, 0.2) is 0 Å². The van der Waals surface area contributed by atoms with Gasteiger partial charge in [0, 0.05) is 32.3 Å². The Labute approximate surface area is 120 Å². The summed E-state index contributed by atoms with van der Waals surface area (Å²) in [5.41, 5.74) is 0.528. The van der Waals surface area contributed by atoms with E-state index in [9.17, 15) is 0 Å². The van der Waals surface area contributed by atoms with Crippen LogP contribution in [-0.2, 0) is 4.74 Å². The lowest BCUT2D eigenvalue weighted by molar-refractivity contribution is 0.0689. The van der Waals surface area contributed by atoms with Crippen molar-refractivity contribution < 1.29 is 4.74 Å². The van der Waals surface area contributed by atoms with Gasteiger partial charge < -0.3 is 15.0 Å². The lowest BCUT2D eigenvalue weighted by Crippen LogP contribution is -2.48. The minimum absolute atomic E-state index is 0.206. The lowest BCUT2D eigenvalue weighted by atomic mass is 9.89. The Balaban J connectivity index is 2.39. The van der Waals surface area contributed by atoms with Crippen LogP contribution in [0, 0.1) is 11.3 Å². The molecule has 1 unspecified atom stereocenters. The Morgan fingerprint density at radius 3 is 2.47 bits per heavy atom. The first-order chi connectivity index (χ1) is 8.72. The van der Waals surface area contributed by atoms with Crippen molar-refractivity contribution in [2.24, 2.45) is 11.3 Å². The molecule has 3 heteroatoms. The topological polar surface area (TPSA) is 24.5 Å². The van der Waals surface area contributed by atoms with Crippen LogP contribution in [0.4, 0.5) is 0 Å². The number of nitrogens with zero attached hydrogens (tertiary/aromatic N) is 1. The van der Waals surface area contributed by atoms with Gasteiger partial charge in [0.1, 0.15) is 0 Å². The maximum absolute atomic E-state index is 5.31. The summed E-state index contributed by atoms with van der Waals surface area (Å²) in [5, 5.41) is 3.64. The molecule has 1 saturated heterocycles. The predicted octanol–water partition coefficient (Wildman–Crippen LogP) is 2.76. The second-order valence-corrected chi connectivity index (χ2v) is 7.97. The van der Waals surface area contributed by atoms with Crippen LogP contribution in [0.1, 0.15) is 47.5 Å². The molecule has 0 radical (unpaired) electrons. The van der Waals surface area contributed by atoms with Crippen LogP contribution in [-0.4, -0.2) is 50.3 Å². The van der Waals surface area contributed by atoms with Gasteiger partial charge in [-0.3, -0.25) is 0 Å². The van der Waals surface area contributed by atoms with E-state index in [4.69, 9.17) is 4.74 Å². The van der Waals surface area contributed by atoms with Crippen LogP contribution < -0.4 is 5.32 Å². The molecular formula is C16H34N2O. The van der Waals surface area contributed by atoms with Crippen LogP contribution >= 0.6 is 0 Å². The molecule has 0 aromatic rings. The number of hydrogen-bond donors (Lipinski definition) is 1. The number of ether oxygens (including phenoxy) is 1. The van der Waals surface area contributed by atoms with Crippen LogP contribution in [0.3, 0.4) is 0 Å². The molecular weight excluding hydrogens is 236 g/mol. The summed E-state index contributed by atoms with van der Waals surface area (Å²) in [6, 6.07) is 0. The minimum atomic E-state index is 0.206. The first-order valence-electron chi connectivity index (χ1n) is 7.68. The third-order valence-electron chi connectivity index (χ3n) is 3.75. The number of likely N-dealkylation sites (tertiary alicyclic amines) is 1. The molecule has 0 aromatic heterocycles. The second-order valence-electron chi connectivity index (χ2n) is 7.97. The number of piperidine rings is 1. The highest BCUT2D eigenvalue weighted by atomic mass is 16.5. The molecule has 3 nitrogen and oxygen atoms in total. The molecule has 1 heterocycles. The van der Waals surface area contributed by atoms with Crippen LogP contribution in [0.25, 0.3) is 0 Å². The molecule has 19 heavy (non-hydrogen) atoms. The molecule has 0 aromatic carbocycles. The predicted molar refractivity (Wildman–Crippen MR) is 82.6 cm³/mol. The number of rotatable bonds is 6. The van der Waals surface area contributed by atoms with Gasteiger partial charge >= 0.3 is 0 Å². The fourth-order valence-electron chi connectivity index (χ4n) is 2.83. The van der Waals surface area contributed by atoms with Crippen LogP contribution in [0.5, 0.6) is 0 Å². The van der Waals surface area contributed by atoms with Crippen molar-refractivity contribution in [3.8, 4) is 0 Å². The summed E-state index contributed by atoms with van der Waals surface area (Å²) in [7, 11) is 1.82. The number of nitrogens with one attached hydrogen (secondary N) is 1. The average molecular weight is 270 g/mol. The zero-order valence-corrected chi connectivity index (χ0v) is 13.9. The second kappa shape index (κ2) is 7.05. The molecule has 0 bridgehead atoms. The van der Waals surface area contributed by atoms with E-state index in [2.05, 4.69) is 44.8 Å². The van der Waals surface area contributed by atoms with Gasteiger partial charge in [-0.05, 0) is 51.5 Å². The highest BCUT2D eigenvalue weighted by Gasteiger charge is 2.27. The maximum atomic E-state index is 5.31. The molecule has 0 amide bonds. The van der Waals surface area contributed by atoms with Gasteiger partial charge in [-0.2, -0.15) is 0 Å². The van der Waals surface area contributed by atoms with E-state index < -0.39 is 0 Å². The third-order valence-corrected chi connectivity index (χ3v) is 3.75. The fourth-order valence-corrected chi connectivity index (χ4v) is 2.83. The van der Waals surface area contributed by atoms with Crippen molar-refractivity contribution in [1.29, 1.82) is 0 Å². The molecule has 1 rings (SSSR count). The molecule has 1 atom stereocenters. The van der Waals surface area contributed by atoms with Crippen LogP contribution in [0.15, 0.2) is 0 Å². The Hall–Kier alpha value is -0.120. The van der Waals surface area contributed by atoms with Gasteiger partial charge in [-0.1, -0.05) is 13.8 Å². The van der Waals surface area contributed by atoms with Crippen molar-refractivity contribution in [2.45, 2.75) is 53.0 Å². The Bertz CT molecular complexity index is 256. The van der Waals surface area contributed by atoms with E-state index in [-0.39, 0.29) is 5.54 Å². The van der Waals surface area contributed by atoms with E-state index >= 15 is 0 Å². The van der Waals surface area contributed by atoms with Gasteiger partial charge in [-0.25, -0.2) is 0 Å². The van der Waals surface area contributed by atoms with E-state index in [1.807, 2.05) is 7.11 Å². The SMILES string of the molecule is COCC1CCCN(CC(C)(C)CNC(C)(C)C)C1. The first kappa shape index (κ1) is 16.9. The summed E-state index contributed by atoms with van der Waals surface area (Å²) in [6.45, 7) is 17.1. The van der Waals surface area contributed by atoms with E-state index in [0.29, 0.717) is 5.41 Å². The molecule has 0 aliphatic carbocycles. The summed E-state index contributed by atoms with van der Waals surface area (Å²) in [4.78, 5) is 2.62. The largest absolute Gasteiger partial charge is 0.384 e. The minimum Gasteiger partial charge on any atom is -0.384 e. The van der Waals surface area contributed by atoms with Crippen molar-refractivity contribution in [2.75, 3.05) is 39.9 Å². The van der Waals surface area contributed by atoms with Gasteiger partial charge in [0.25, 0.3) is 0 Å². The Kier molecular flexibility index (Phi) is 6.28. The molecule has 0 spiro atoms. The normalized spacial score (nSPS) is 22.7. The number of methoxy groups -OCH3 is 1. The monoisotopic (exact) mass is 270 g/mol. The highest BCUT2D eigenvalue weighted by molar-refractivity contribution is 4.83. The molecule has 1 aliphatic heterocycles. The number of hydrogen-bond acceptors (Lipinski definition) is 3. The average Bonchev–Trinajstić information content (AvgIpc) is 2.26. The zero-order chi connectivity index (χ0) is 14.5. The van der Waals surface area contributed by atoms with Gasteiger partial charge in [0.05, 0.1) is 6.61 Å². The summed E-state index contributed by atoms with van der Waals surface area (Å²) in [5.74, 6) is 0.727. The quantitative estimate of drug-likeness (QED) is 0.803. The van der Waals surface area contributed by atoms with Crippen molar-refractivity contribution in [1.82, 2.24) is 10.2 Å². The fraction of sp³-hybridized carbons (Fsp3) is 1.00. The molecule has 1 N–H and O–H groups in total. The molecule has 1 fully saturated rings. The van der Waals surface area contributed by atoms with Crippen LogP contribution in [0.2, 0.25) is 0 Å². The summed E-state index contributed by atoms with van der Waals surface area (Å²) in [6.07, 6.45) is 2.64. The van der Waals surface area contributed by atoms with Crippen molar-refractivity contribution >= 4 is 0 Å². The smallest absolute Gasteiger partial charge is 0.0502 e.